The molecule has 82 valence electrons. The van der Waals surface area contributed by atoms with Crippen LogP contribution in [0.15, 0.2) is 24.3 Å². The SMILES string of the molecule is CC(NC(=O)[C@H](C)N)c1ccccc1F. The number of rotatable bonds is 3. The van der Waals surface area contributed by atoms with Gasteiger partial charge in [-0.05, 0) is 19.9 Å². The third-order valence-corrected chi connectivity index (χ3v) is 2.14. The number of halogens is 1. The molecule has 0 aliphatic heterocycles. The lowest BCUT2D eigenvalue weighted by Gasteiger charge is -2.16. The van der Waals surface area contributed by atoms with Crippen molar-refractivity contribution in [3.05, 3.63) is 35.6 Å². The number of hydrogen-bond donors (Lipinski definition) is 2. The topological polar surface area (TPSA) is 55.1 Å². The largest absolute Gasteiger partial charge is 0.348 e. The molecule has 1 unspecified atom stereocenters. The highest BCUT2D eigenvalue weighted by Gasteiger charge is 2.14. The zero-order valence-corrected chi connectivity index (χ0v) is 8.83. The van der Waals surface area contributed by atoms with Gasteiger partial charge in [0.1, 0.15) is 5.82 Å². The van der Waals surface area contributed by atoms with Gasteiger partial charge >= 0.3 is 0 Å². The first-order valence-electron chi connectivity index (χ1n) is 4.82. The minimum Gasteiger partial charge on any atom is -0.348 e. The molecule has 0 aliphatic rings. The molecule has 3 nitrogen and oxygen atoms in total. The summed E-state index contributed by atoms with van der Waals surface area (Å²) in [5, 5.41) is 2.63. The molecule has 0 aromatic heterocycles. The van der Waals surface area contributed by atoms with Crippen molar-refractivity contribution in [3.8, 4) is 0 Å². The van der Waals surface area contributed by atoms with Gasteiger partial charge in [-0.15, -0.1) is 0 Å². The van der Waals surface area contributed by atoms with Gasteiger partial charge in [-0.25, -0.2) is 4.39 Å². The Morgan fingerprint density at radius 3 is 2.53 bits per heavy atom. The van der Waals surface area contributed by atoms with E-state index in [1.165, 1.54) is 6.07 Å². The van der Waals surface area contributed by atoms with Crippen LogP contribution >= 0.6 is 0 Å². The molecule has 1 aromatic rings. The fourth-order valence-electron chi connectivity index (χ4n) is 1.25. The summed E-state index contributed by atoms with van der Waals surface area (Å²) in [7, 11) is 0. The van der Waals surface area contributed by atoms with Crippen molar-refractivity contribution in [1.29, 1.82) is 0 Å². The standard InChI is InChI=1S/C11H15FN2O/c1-7(13)11(15)14-8(2)9-5-3-4-6-10(9)12/h3-8H,13H2,1-2H3,(H,14,15)/t7-,8?/m0/s1. The van der Waals surface area contributed by atoms with Crippen LogP contribution in [0.4, 0.5) is 4.39 Å². The molecule has 0 saturated heterocycles. The van der Waals surface area contributed by atoms with E-state index in [1.807, 2.05) is 0 Å². The fraction of sp³-hybridized carbons (Fsp3) is 0.364. The van der Waals surface area contributed by atoms with Crippen LogP contribution in [-0.2, 0) is 4.79 Å². The maximum Gasteiger partial charge on any atom is 0.237 e. The molecule has 0 radical (unpaired) electrons. The highest BCUT2D eigenvalue weighted by molar-refractivity contribution is 5.81. The van der Waals surface area contributed by atoms with Crippen molar-refractivity contribution < 1.29 is 9.18 Å². The van der Waals surface area contributed by atoms with Crippen LogP contribution in [0, 0.1) is 5.82 Å². The average molecular weight is 210 g/mol. The normalized spacial score (nSPS) is 14.4. The van der Waals surface area contributed by atoms with Gasteiger partial charge in [0.15, 0.2) is 0 Å². The van der Waals surface area contributed by atoms with Crippen LogP contribution in [0.2, 0.25) is 0 Å². The number of nitrogens with two attached hydrogens (primary N) is 1. The third-order valence-electron chi connectivity index (χ3n) is 2.14. The summed E-state index contributed by atoms with van der Waals surface area (Å²) in [6.07, 6.45) is 0. The molecule has 1 amide bonds. The monoisotopic (exact) mass is 210 g/mol. The molecular formula is C11H15FN2O. The molecular weight excluding hydrogens is 195 g/mol. The van der Waals surface area contributed by atoms with E-state index in [4.69, 9.17) is 5.73 Å². The van der Waals surface area contributed by atoms with E-state index in [1.54, 1.807) is 32.0 Å². The van der Waals surface area contributed by atoms with Crippen LogP contribution in [0.1, 0.15) is 25.5 Å². The second-order valence-electron chi connectivity index (χ2n) is 3.54. The van der Waals surface area contributed by atoms with Gasteiger partial charge in [0.25, 0.3) is 0 Å². The first kappa shape index (κ1) is 11.7. The Hall–Kier alpha value is -1.42. The van der Waals surface area contributed by atoms with Crippen molar-refractivity contribution in [3.63, 3.8) is 0 Å². The van der Waals surface area contributed by atoms with Gasteiger partial charge < -0.3 is 11.1 Å². The van der Waals surface area contributed by atoms with Gasteiger partial charge in [0.2, 0.25) is 5.91 Å². The van der Waals surface area contributed by atoms with E-state index in [9.17, 15) is 9.18 Å². The molecule has 0 spiro atoms. The fourth-order valence-corrected chi connectivity index (χ4v) is 1.25. The van der Waals surface area contributed by atoms with Crippen LogP contribution in [0.5, 0.6) is 0 Å². The molecule has 2 atom stereocenters. The van der Waals surface area contributed by atoms with E-state index >= 15 is 0 Å². The first-order chi connectivity index (χ1) is 7.02. The molecule has 0 heterocycles. The Morgan fingerprint density at radius 1 is 1.40 bits per heavy atom. The Balaban J connectivity index is 2.73. The molecule has 4 heteroatoms. The zero-order valence-electron chi connectivity index (χ0n) is 8.83. The summed E-state index contributed by atoms with van der Waals surface area (Å²) in [5.74, 6) is -0.610. The van der Waals surface area contributed by atoms with E-state index in [2.05, 4.69) is 5.32 Å². The number of carbonyl (C=O) groups excluding carboxylic acids is 1. The van der Waals surface area contributed by atoms with Gasteiger partial charge in [0.05, 0.1) is 12.1 Å². The quantitative estimate of drug-likeness (QED) is 0.791. The van der Waals surface area contributed by atoms with Crippen molar-refractivity contribution in [1.82, 2.24) is 5.32 Å². The van der Waals surface area contributed by atoms with E-state index in [0.29, 0.717) is 5.56 Å². The van der Waals surface area contributed by atoms with Crippen molar-refractivity contribution in [2.45, 2.75) is 25.9 Å². The Morgan fingerprint density at radius 2 is 2.00 bits per heavy atom. The summed E-state index contributed by atoms with van der Waals surface area (Å²) in [4.78, 5) is 11.3. The minimum atomic E-state index is -0.584. The zero-order chi connectivity index (χ0) is 11.4. The molecule has 3 N–H and O–H groups in total. The van der Waals surface area contributed by atoms with Crippen LogP contribution in [-0.4, -0.2) is 11.9 Å². The summed E-state index contributed by atoms with van der Waals surface area (Å²) in [6.45, 7) is 3.31. The summed E-state index contributed by atoms with van der Waals surface area (Å²) in [6, 6.07) is 5.39. The summed E-state index contributed by atoms with van der Waals surface area (Å²) in [5.41, 5.74) is 5.86. The van der Waals surface area contributed by atoms with E-state index in [-0.39, 0.29) is 17.8 Å². The van der Waals surface area contributed by atoms with Gasteiger partial charge in [0, 0.05) is 5.56 Å². The van der Waals surface area contributed by atoms with Crippen molar-refractivity contribution >= 4 is 5.91 Å². The highest BCUT2D eigenvalue weighted by atomic mass is 19.1. The number of hydrogen-bond acceptors (Lipinski definition) is 2. The number of nitrogens with one attached hydrogen (secondary N) is 1. The van der Waals surface area contributed by atoms with Crippen molar-refractivity contribution in [2.75, 3.05) is 0 Å². The van der Waals surface area contributed by atoms with Crippen molar-refractivity contribution in [2.24, 2.45) is 5.73 Å². The maximum atomic E-state index is 13.3. The average Bonchev–Trinajstić information content (AvgIpc) is 2.18. The number of benzene rings is 1. The molecule has 15 heavy (non-hydrogen) atoms. The molecule has 1 rings (SSSR count). The second-order valence-corrected chi connectivity index (χ2v) is 3.54. The molecule has 0 bridgehead atoms. The molecule has 1 aromatic carbocycles. The minimum absolute atomic E-state index is 0.286. The molecule has 0 aliphatic carbocycles. The summed E-state index contributed by atoms with van der Waals surface area (Å²) < 4.78 is 13.3. The van der Waals surface area contributed by atoms with Gasteiger partial charge in [-0.1, -0.05) is 18.2 Å². The maximum absolute atomic E-state index is 13.3. The molecule has 0 fully saturated rings. The predicted octanol–water partition coefficient (Wildman–Crippen LogP) is 1.35. The lowest BCUT2D eigenvalue weighted by atomic mass is 10.1. The molecule has 0 saturated carbocycles. The van der Waals surface area contributed by atoms with E-state index in [0.717, 1.165) is 0 Å². The Kier molecular flexibility index (Phi) is 3.80. The smallest absolute Gasteiger partial charge is 0.237 e. The Bertz CT molecular complexity index is 352. The lowest BCUT2D eigenvalue weighted by Crippen LogP contribution is -2.39. The van der Waals surface area contributed by atoms with E-state index < -0.39 is 6.04 Å². The lowest BCUT2D eigenvalue weighted by molar-refractivity contribution is -0.122. The van der Waals surface area contributed by atoms with Gasteiger partial charge in [-0.3, -0.25) is 4.79 Å². The predicted molar refractivity (Wildman–Crippen MR) is 56.6 cm³/mol. The van der Waals surface area contributed by atoms with Crippen LogP contribution in [0.25, 0.3) is 0 Å². The Labute approximate surface area is 88.5 Å². The van der Waals surface area contributed by atoms with Crippen LogP contribution < -0.4 is 11.1 Å². The summed E-state index contributed by atoms with van der Waals surface area (Å²) >= 11 is 0. The third kappa shape index (κ3) is 3.02. The van der Waals surface area contributed by atoms with Crippen LogP contribution in [0.3, 0.4) is 0 Å². The number of carbonyl (C=O) groups is 1. The number of amides is 1. The highest BCUT2D eigenvalue weighted by Crippen LogP contribution is 2.15. The second kappa shape index (κ2) is 4.89. The van der Waals surface area contributed by atoms with Gasteiger partial charge in [-0.2, -0.15) is 0 Å². The first-order valence-corrected chi connectivity index (χ1v) is 4.82.